The van der Waals surface area contributed by atoms with Crippen LogP contribution in [-0.2, 0) is 38.0 Å². The van der Waals surface area contributed by atoms with Gasteiger partial charge in [-0.05, 0) is 18.3 Å². The van der Waals surface area contributed by atoms with Crippen molar-refractivity contribution in [2.24, 2.45) is 11.8 Å². The largest absolute Gasteiger partial charge is 0.379 e. The molecule has 0 atom stereocenters. The highest BCUT2D eigenvalue weighted by molar-refractivity contribution is 5.76. The lowest BCUT2D eigenvalue weighted by Gasteiger charge is -2.09. The van der Waals surface area contributed by atoms with Gasteiger partial charge in [-0.15, -0.1) is 0 Å². The summed E-state index contributed by atoms with van der Waals surface area (Å²) in [5, 5.41) is 5.61. The van der Waals surface area contributed by atoms with Crippen molar-refractivity contribution in [3.8, 4) is 0 Å². The molecule has 2 amide bonds. The van der Waals surface area contributed by atoms with E-state index in [9.17, 15) is 9.59 Å². The molecule has 0 aliphatic carbocycles. The standard InChI is InChI=1S/C25H50N2O8/c1-22(2)5-9-30-13-14-31-10-6-24(28)26-7-11-32-15-17-34-19-20-35-18-16-33-12-8-27-25(29)21-23(3)4/h22-23H,5-21H2,1-4H3,(H,26,28)(H,27,29). The van der Waals surface area contributed by atoms with Crippen molar-refractivity contribution < 1.29 is 38.0 Å². The highest BCUT2D eigenvalue weighted by Gasteiger charge is 2.03. The number of nitrogens with one attached hydrogen (secondary N) is 2. The fraction of sp³-hybridized carbons (Fsp3) is 0.920. The van der Waals surface area contributed by atoms with Crippen LogP contribution in [-0.4, -0.2) is 104 Å². The van der Waals surface area contributed by atoms with E-state index >= 15 is 0 Å². The number of hydrogen-bond donors (Lipinski definition) is 2. The van der Waals surface area contributed by atoms with Crippen LogP contribution < -0.4 is 10.6 Å². The van der Waals surface area contributed by atoms with Crippen LogP contribution in [0.25, 0.3) is 0 Å². The van der Waals surface area contributed by atoms with E-state index < -0.39 is 0 Å². The zero-order chi connectivity index (χ0) is 26.0. The van der Waals surface area contributed by atoms with Crippen molar-refractivity contribution in [1.29, 1.82) is 0 Å². The summed E-state index contributed by atoms with van der Waals surface area (Å²) in [6.45, 7) is 15.3. The smallest absolute Gasteiger partial charge is 0.222 e. The van der Waals surface area contributed by atoms with Crippen LogP contribution in [0, 0.1) is 11.8 Å². The van der Waals surface area contributed by atoms with Crippen molar-refractivity contribution >= 4 is 11.8 Å². The summed E-state index contributed by atoms with van der Waals surface area (Å²) in [4.78, 5) is 23.2. The van der Waals surface area contributed by atoms with Crippen LogP contribution in [0.5, 0.6) is 0 Å². The molecule has 0 aromatic rings. The lowest BCUT2D eigenvalue weighted by atomic mass is 10.1. The van der Waals surface area contributed by atoms with Gasteiger partial charge in [-0.25, -0.2) is 0 Å². The molecule has 0 aliphatic heterocycles. The minimum atomic E-state index is -0.0532. The van der Waals surface area contributed by atoms with E-state index in [4.69, 9.17) is 28.4 Å². The molecule has 0 spiro atoms. The molecule has 0 fully saturated rings. The highest BCUT2D eigenvalue weighted by Crippen LogP contribution is 1.99. The second kappa shape index (κ2) is 25.8. The molecule has 0 unspecified atom stereocenters. The Morgan fingerprint density at radius 3 is 1.37 bits per heavy atom. The van der Waals surface area contributed by atoms with Crippen LogP contribution >= 0.6 is 0 Å². The molecule has 0 aliphatic rings. The Labute approximate surface area is 212 Å². The molecule has 10 heteroatoms. The first-order valence-electron chi connectivity index (χ1n) is 12.9. The maximum atomic E-state index is 11.7. The first-order valence-corrected chi connectivity index (χ1v) is 12.9. The van der Waals surface area contributed by atoms with E-state index in [-0.39, 0.29) is 11.8 Å². The molecule has 208 valence electrons. The number of hydrogen-bond acceptors (Lipinski definition) is 8. The molecule has 2 N–H and O–H groups in total. The molecule has 0 radical (unpaired) electrons. The number of ether oxygens (including phenoxy) is 6. The minimum absolute atomic E-state index is 0.0532. The average molecular weight is 507 g/mol. The van der Waals surface area contributed by atoms with Gasteiger partial charge in [0.05, 0.1) is 72.7 Å². The van der Waals surface area contributed by atoms with Gasteiger partial charge in [-0.1, -0.05) is 27.7 Å². The Hall–Kier alpha value is -1.30. The topological polar surface area (TPSA) is 114 Å². The Morgan fingerprint density at radius 2 is 0.914 bits per heavy atom. The molecule has 0 aromatic carbocycles. The van der Waals surface area contributed by atoms with E-state index in [1.165, 1.54) is 0 Å². The maximum Gasteiger partial charge on any atom is 0.222 e. The van der Waals surface area contributed by atoms with Crippen LogP contribution in [0.1, 0.15) is 47.0 Å². The van der Waals surface area contributed by atoms with Gasteiger partial charge in [0.25, 0.3) is 0 Å². The molecule has 0 saturated heterocycles. The summed E-state index contributed by atoms with van der Waals surface area (Å²) in [7, 11) is 0. The van der Waals surface area contributed by atoms with E-state index in [1.54, 1.807) is 0 Å². The normalized spacial score (nSPS) is 11.4. The Kier molecular flexibility index (Phi) is 24.8. The summed E-state index contributed by atoms with van der Waals surface area (Å²) in [6.07, 6.45) is 1.91. The number of carbonyl (C=O) groups is 2. The number of rotatable bonds is 26. The zero-order valence-electron chi connectivity index (χ0n) is 22.4. The molecular formula is C25H50N2O8. The molecule has 35 heavy (non-hydrogen) atoms. The fourth-order valence-electron chi connectivity index (χ4n) is 2.62. The van der Waals surface area contributed by atoms with Crippen molar-refractivity contribution in [3.63, 3.8) is 0 Å². The first kappa shape index (κ1) is 33.7. The predicted octanol–water partition coefficient (Wildman–Crippen LogP) is 1.80. The number of amides is 2. The average Bonchev–Trinajstić information content (AvgIpc) is 2.79. The molecule has 0 rings (SSSR count). The summed E-state index contributed by atoms with van der Waals surface area (Å²) >= 11 is 0. The van der Waals surface area contributed by atoms with Gasteiger partial charge in [0.2, 0.25) is 11.8 Å². The van der Waals surface area contributed by atoms with Gasteiger partial charge in [-0.3, -0.25) is 9.59 Å². The summed E-state index contributed by atoms with van der Waals surface area (Å²) in [5.41, 5.74) is 0. The third kappa shape index (κ3) is 28.8. The Balaban J connectivity index is 3.20. The molecule has 0 bridgehead atoms. The lowest BCUT2D eigenvalue weighted by molar-refractivity contribution is -0.123. The number of carbonyl (C=O) groups excluding carboxylic acids is 2. The van der Waals surface area contributed by atoms with Crippen LogP contribution in [0.2, 0.25) is 0 Å². The molecular weight excluding hydrogens is 456 g/mol. The third-order valence-electron chi connectivity index (χ3n) is 4.53. The fourth-order valence-corrected chi connectivity index (χ4v) is 2.62. The predicted molar refractivity (Wildman–Crippen MR) is 134 cm³/mol. The lowest BCUT2D eigenvalue weighted by Crippen LogP contribution is -2.28. The zero-order valence-corrected chi connectivity index (χ0v) is 22.4. The Morgan fingerprint density at radius 1 is 0.514 bits per heavy atom. The highest BCUT2D eigenvalue weighted by atomic mass is 16.6. The second-order valence-electron chi connectivity index (χ2n) is 8.90. The first-order chi connectivity index (χ1) is 16.9. The van der Waals surface area contributed by atoms with E-state index in [1.807, 2.05) is 13.8 Å². The van der Waals surface area contributed by atoms with Crippen LogP contribution in [0.15, 0.2) is 0 Å². The van der Waals surface area contributed by atoms with Gasteiger partial charge in [-0.2, -0.15) is 0 Å². The van der Waals surface area contributed by atoms with Gasteiger partial charge in [0.1, 0.15) is 0 Å². The van der Waals surface area contributed by atoms with E-state index in [0.29, 0.717) is 110 Å². The van der Waals surface area contributed by atoms with Gasteiger partial charge in [0.15, 0.2) is 0 Å². The van der Waals surface area contributed by atoms with Crippen LogP contribution in [0.4, 0.5) is 0 Å². The van der Waals surface area contributed by atoms with Crippen molar-refractivity contribution in [3.05, 3.63) is 0 Å². The Bertz CT molecular complexity index is 492. The summed E-state index contributed by atoms with van der Waals surface area (Å²) in [5.74, 6) is 1.00. The van der Waals surface area contributed by atoms with E-state index in [2.05, 4.69) is 24.5 Å². The van der Waals surface area contributed by atoms with E-state index in [0.717, 1.165) is 13.0 Å². The van der Waals surface area contributed by atoms with Crippen molar-refractivity contribution in [2.45, 2.75) is 47.0 Å². The van der Waals surface area contributed by atoms with Crippen LogP contribution in [0.3, 0.4) is 0 Å². The van der Waals surface area contributed by atoms with Gasteiger partial charge >= 0.3 is 0 Å². The second-order valence-corrected chi connectivity index (χ2v) is 8.90. The molecule has 0 aromatic heterocycles. The molecule has 0 heterocycles. The maximum absolute atomic E-state index is 11.7. The quantitative estimate of drug-likeness (QED) is 0.171. The van der Waals surface area contributed by atoms with Crippen molar-refractivity contribution in [1.82, 2.24) is 10.6 Å². The SMILES string of the molecule is CC(C)CCOCCOCCC(=O)NCCOCCOCCOCCOCCNC(=O)CC(C)C. The third-order valence-corrected chi connectivity index (χ3v) is 4.53. The monoisotopic (exact) mass is 506 g/mol. The van der Waals surface area contributed by atoms with Gasteiger partial charge in [0, 0.05) is 32.5 Å². The van der Waals surface area contributed by atoms with Crippen molar-refractivity contribution in [2.75, 3.05) is 92.4 Å². The van der Waals surface area contributed by atoms with Gasteiger partial charge < -0.3 is 39.1 Å². The summed E-state index contributed by atoms with van der Waals surface area (Å²) < 4.78 is 32.5. The summed E-state index contributed by atoms with van der Waals surface area (Å²) in [6, 6.07) is 0. The molecule has 10 nitrogen and oxygen atoms in total. The minimum Gasteiger partial charge on any atom is -0.379 e. The molecule has 0 saturated carbocycles.